The first-order valence-corrected chi connectivity index (χ1v) is 10.9. The number of methoxy groups -OCH3 is 1. The van der Waals surface area contributed by atoms with Crippen LogP contribution in [0.1, 0.15) is 49.4 Å². The van der Waals surface area contributed by atoms with E-state index in [9.17, 15) is 18.8 Å². The molecule has 180 valence electrons. The van der Waals surface area contributed by atoms with Gasteiger partial charge in [0.15, 0.2) is 0 Å². The number of pyridine rings is 1. The molecule has 4 heterocycles. The molecule has 0 saturated heterocycles. The summed E-state index contributed by atoms with van der Waals surface area (Å²) in [5.41, 5.74) is 0.673. The second-order valence-electron chi connectivity index (χ2n) is 9.42. The molecule has 11 heteroatoms. The molecule has 3 aromatic rings. The summed E-state index contributed by atoms with van der Waals surface area (Å²) in [6, 6.07) is 3.98. The van der Waals surface area contributed by atoms with Gasteiger partial charge >= 0.3 is 0 Å². The van der Waals surface area contributed by atoms with Crippen molar-refractivity contribution < 1.29 is 18.7 Å². The van der Waals surface area contributed by atoms with E-state index < -0.39 is 17.3 Å². The first-order valence-electron chi connectivity index (χ1n) is 10.9. The van der Waals surface area contributed by atoms with E-state index in [-0.39, 0.29) is 47.5 Å². The Bertz CT molecular complexity index is 1320. The molecule has 0 aliphatic carbocycles. The zero-order valence-electron chi connectivity index (χ0n) is 19.8. The molecule has 0 bridgehead atoms. The molecule has 1 atom stereocenters. The van der Waals surface area contributed by atoms with Gasteiger partial charge in [-0.3, -0.25) is 14.4 Å². The number of rotatable bonds is 6. The highest BCUT2D eigenvalue weighted by Gasteiger charge is 2.37. The van der Waals surface area contributed by atoms with E-state index in [0.29, 0.717) is 17.9 Å². The Morgan fingerprint density at radius 3 is 2.65 bits per heavy atom. The third kappa shape index (κ3) is 4.18. The lowest BCUT2D eigenvalue weighted by molar-refractivity contribution is -0.116. The average Bonchev–Trinajstić information content (AvgIpc) is 3.36. The van der Waals surface area contributed by atoms with Gasteiger partial charge in [-0.15, -0.1) is 0 Å². The Labute approximate surface area is 195 Å². The molecule has 34 heavy (non-hydrogen) atoms. The highest BCUT2D eigenvalue weighted by atomic mass is 19.1. The van der Waals surface area contributed by atoms with E-state index in [4.69, 9.17) is 4.74 Å². The van der Waals surface area contributed by atoms with Gasteiger partial charge in [0.25, 0.3) is 11.5 Å². The van der Waals surface area contributed by atoms with Crippen LogP contribution in [0.3, 0.4) is 0 Å². The van der Waals surface area contributed by atoms with E-state index in [1.807, 2.05) is 27.7 Å². The van der Waals surface area contributed by atoms with Crippen molar-refractivity contribution in [2.24, 2.45) is 0 Å². The molecule has 1 unspecified atom stereocenters. The van der Waals surface area contributed by atoms with Crippen molar-refractivity contribution >= 4 is 23.3 Å². The van der Waals surface area contributed by atoms with Crippen molar-refractivity contribution in [3.63, 3.8) is 0 Å². The summed E-state index contributed by atoms with van der Waals surface area (Å²) in [5.74, 6) is -1.19. The molecule has 0 saturated carbocycles. The Morgan fingerprint density at radius 1 is 1.29 bits per heavy atom. The minimum absolute atomic E-state index is 0.0965. The second kappa shape index (κ2) is 8.64. The van der Waals surface area contributed by atoms with Crippen molar-refractivity contribution in [3.8, 4) is 0 Å². The Kier molecular flexibility index (Phi) is 5.98. The van der Waals surface area contributed by atoms with Gasteiger partial charge < -0.3 is 19.5 Å². The van der Waals surface area contributed by atoms with Crippen molar-refractivity contribution in [1.82, 2.24) is 24.1 Å². The lowest BCUT2D eigenvalue weighted by atomic mass is 9.93. The third-order valence-corrected chi connectivity index (χ3v) is 5.77. The lowest BCUT2D eigenvalue weighted by Gasteiger charge is -2.23. The summed E-state index contributed by atoms with van der Waals surface area (Å²) in [4.78, 5) is 45.0. The molecule has 0 fully saturated rings. The topological polar surface area (TPSA) is 111 Å². The zero-order chi connectivity index (χ0) is 24.8. The van der Waals surface area contributed by atoms with Crippen molar-refractivity contribution in [3.05, 3.63) is 57.5 Å². The van der Waals surface area contributed by atoms with Gasteiger partial charge in [-0.25, -0.2) is 9.37 Å². The van der Waals surface area contributed by atoms with Gasteiger partial charge in [-0.2, -0.15) is 9.61 Å². The SMILES string of the molecule is COCC(C)N1Cc2c(n(CC(=O)Nc3ccc(F)cn3)c3cc(C(C)(C)C)nn3c2=O)C1=O. The van der Waals surface area contributed by atoms with Crippen LogP contribution < -0.4 is 10.9 Å². The number of ether oxygens (including phenoxy) is 1. The number of hydrogen-bond donors (Lipinski definition) is 1. The Balaban J connectivity index is 1.82. The standard InChI is InChI=1S/C23H27FN6O4/c1-13(12-34-5)28-10-15-20(22(28)33)29(11-18(31)26-17-7-6-14(24)9-25-17)19-8-16(23(2,3)4)27-30(19)21(15)32/h6-9,13H,10-12H2,1-5H3,(H,25,26,31). The van der Waals surface area contributed by atoms with Crippen molar-refractivity contribution in [2.75, 3.05) is 19.0 Å². The molecule has 1 N–H and O–H groups in total. The summed E-state index contributed by atoms with van der Waals surface area (Å²) >= 11 is 0. The molecular weight excluding hydrogens is 443 g/mol. The van der Waals surface area contributed by atoms with Gasteiger partial charge in [0.2, 0.25) is 5.91 Å². The largest absolute Gasteiger partial charge is 0.383 e. The van der Waals surface area contributed by atoms with Gasteiger partial charge in [0, 0.05) is 18.6 Å². The number of anilines is 1. The number of carbonyl (C=O) groups excluding carboxylic acids is 2. The van der Waals surface area contributed by atoms with Crippen LogP contribution in [-0.2, 0) is 28.0 Å². The van der Waals surface area contributed by atoms with Crippen LogP contribution in [-0.4, -0.2) is 55.6 Å². The Hall–Kier alpha value is -3.60. The summed E-state index contributed by atoms with van der Waals surface area (Å²) < 4.78 is 21.1. The van der Waals surface area contributed by atoms with E-state index in [0.717, 1.165) is 6.20 Å². The number of hydrogen-bond acceptors (Lipinski definition) is 6. The molecule has 0 spiro atoms. The third-order valence-electron chi connectivity index (χ3n) is 5.77. The van der Waals surface area contributed by atoms with Gasteiger partial charge in [-0.05, 0) is 19.1 Å². The lowest BCUT2D eigenvalue weighted by Crippen LogP contribution is -2.37. The highest BCUT2D eigenvalue weighted by Crippen LogP contribution is 2.27. The molecule has 1 aliphatic heterocycles. The fourth-order valence-electron chi connectivity index (χ4n) is 3.97. The summed E-state index contributed by atoms with van der Waals surface area (Å²) in [6.45, 7) is 7.85. The minimum atomic E-state index is -0.525. The summed E-state index contributed by atoms with van der Waals surface area (Å²) in [7, 11) is 1.54. The van der Waals surface area contributed by atoms with Gasteiger partial charge in [0.1, 0.15) is 29.5 Å². The fourth-order valence-corrected chi connectivity index (χ4v) is 3.97. The van der Waals surface area contributed by atoms with Crippen LogP contribution >= 0.6 is 0 Å². The van der Waals surface area contributed by atoms with E-state index in [1.165, 1.54) is 21.2 Å². The maximum Gasteiger partial charge on any atom is 0.280 e. The zero-order valence-corrected chi connectivity index (χ0v) is 19.8. The van der Waals surface area contributed by atoms with Gasteiger partial charge in [0.05, 0.1) is 36.6 Å². The molecule has 10 nitrogen and oxygen atoms in total. The number of nitrogens with zero attached hydrogens (tertiary/aromatic N) is 5. The maximum absolute atomic E-state index is 13.4. The second-order valence-corrected chi connectivity index (χ2v) is 9.42. The molecule has 0 radical (unpaired) electrons. The first-order chi connectivity index (χ1) is 16.0. The molecular formula is C23H27FN6O4. The molecule has 3 aromatic heterocycles. The fraction of sp³-hybridized carbons (Fsp3) is 0.435. The molecule has 0 aromatic carbocycles. The van der Waals surface area contributed by atoms with E-state index in [2.05, 4.69) is 15.4 Å². The normalized spacial score (nSPS) is 14.5. The number of carbonyl (C=O) groups is 2. The van der Waals surface area contributed by atoms with Crippen molar-refractivity contribution in [2.45, 2.75) is 52.2 Å². The van der Waals surface area contributed by atoms with Crippen LogP contribution in [0.2, 0.25) is 0 Å². The smallest absolute Gasteiger partial charge is 0.280 e. The quantitative estimate of drug-likeness (QED) is 0.590. The van der Waals surface area contributed by atoms with Crippen LogP contribution in [0.15, 0.2) is 29.2 Å². The number of nitrogens with one attached hydrogen (secondary N) is 1. The predicted octanol–water partition coefficient (Wildman–Crippen LogP) is 1.96. The number of fused-ring (bicyclic) bond motifs is 2. The van der Waals surface area contributed by atoms with E-state index in [1.54, 1.807) is 18.1 Å². The Morgan fingerprint density at radius 2 is 2.03 bits per heavy atom. The first kappa shape index (κ1) is 23.6. The van der Waals surface area contributed by atoms with Crippen LogP contribution in [0.5, 0.6) is 0 Å². The van der Waals surface area contributed by atoms with E-state index >= 15 is 0 Å². The number of halogens is 1. The summed E-state index contributed by atoms with van der Waals surface area (Å²) in [5, 5.41) is 7.10. The molecule has 4 rings (SSSR count). The van der Waals surface area contributed by atoms with Gasteiger partial charge in [-0.1, -0.05) is 20.8 Å². The number of aromatic nitrogens is 4. The van der Waals surface area contributed by atoms with Crippen molar-refractivity contribution in [1.29, 1.82) is 0 Å². The van der Waals surface area contributed by atoms with Crippen LogP contribution in [0, 0.1) is 5.82 Å². The molecule has 1 aliphatic rings. The molecule has 2 amide bonds. The predicted molar refractivity (Wildman–Crippen MR) is 122 cm³/mol. The number of amides is 2. The van der Waals surface area contributed by atoms with Crippen LogP contribution in [0.4, 0.5) is 10.2 Å². The monoisotopic (exact) mass is 470 g/mol. The highest BCUT2D eigenvalue weighted by molar-refractivity contribution is 5.98. The average molecular weight is 471 g/mol. The maximum atomic E-state index is 13.4. The van der Waals surface area contributed by atoms with Crippen LogP contribution in [0.25, 0.3) is 5.65 Å². The summed E-state index contributed by atoms with van der Waals surface area (Å²) in [6.07, 6.45) is 0.996. The minimum Gasteiger partial charge on any atom is -0.383 e.